The number of nitrogens with one attached hydrogen (secondary N) is 1. The van der Waals surface area contributed by atoms with E-state index >= 15 is 0 Å². The van der Waals surface area contributed by atoms with Crippen LogP contribution < -0.4 is 5.32 Å². The molecule has 0 aliphatic heterocycles. The summed E-state index contributed by atoms with van der Waals surface area (Å²) in [7, 11) is 0. The molecule has 4 nitrogen and oxygen atoms in total. The minimum absolute atomic E-state index is 0.311. The van der Waals surface area contributed by atoms with Gasteiger partial charge in [0.15, 0.2) is 0 Å². The van der Waals surface area contributed by atoms with Crippen LogP contribution in [0.4, 0.5) is 5.82 Å². The maximum absolute atomic E-state index is 9.65. The van der Waals surface area contributed by atoms with Crippen molar-refractivity contribution in [1.82, 2.24) is 9.78 Å². The number of hydrogen-bond acceptors (Lipinski definition) is 3. The van der Waals surface area contributed by atoms with E-state index in [0.717, 1.165) is 17.8 Å². The quantitative estimate of drug-likeness (QED) is 0.850. The Morgan fingerprint density at radius 2 is 2.11 bits per heavy atom. The van der Waals surface area contributed by atoms with Gasteiger partial charge in [0.2, 0.25) is 0 Å². The molecule has 0 unspecified atom stereocenters. The van der Waals surface area contributed by atoms with Crippen LogP contribution in [0.2, 0.25) is 0 Å². The van der Waals surface area contributed by atoms with Crippen molar-refractivity contribution < 1.29 is 5.11 Å². The van der Waals surface area contributed by atoms with E-state index in [9.17, 15) is 5.11 Å². The molecule has 0 saturated carbocycles. The first kappa shape index (κ1) is 12.5. The zero-order valence-electron chi connectivity index (χ0n) is 10.8. The Kier molecular flexibility index (Phi) is 3.87. The summed E-state index contributed by atoms with van der Waals surface area (Å²) in [5, 5.41) is 17.3. The van der Waals surface area contributed by atoms with Gasteiger partial charge in [-0.2, -0.15) is 5.10 Å². The molecule has 4 heteroatoms. The molecule has 0 aliphatic carbocycles. The van der Waals surface area contributed by atoms with Crippen molar-refractivity contribution in [1.29, 1.82) is 0 Å². The van der Waals surface area contributed by atoms with Gasteiger partial charge in [-0.15, -0.1) is 0 Å². The maximum Gasteiger partial charge on any atom is 0.148 e. The van der Waals surface area contributed by atoms with E-state index in [2.05, 4.69) is 24.3 Å². The number of phenolic OH excluding ortho intramolecular Hbond substituents is 1. The lowest BCUT2D eigenvalue weighted by molar-refractivity contribution is 0.468. The highest BCUT2D eigenvalue weighted by Crippen LogP contribution is 2.17. The summed E-state index contributed by atoms with van der Waals surface area (Å²) in [5.74, 6) is 1.14. The van der Waals surface area contributed by atoms with E-state index in [1.807, 2.05) is 35.1 Å². The molecular weight excluding hydrogens is 226 g/mol. The molecule has 0 spiro atoms. The van der Waals surface area contributed by atoms with E-state index in [4.69, 9.17) is 0 Å². The number of hydrogen-bond donors (Lipinski definition) is 2. The van der Waals surface area contributed by atoms with Gasteiger partial charge in [-0.05, 0) is 19.4 Å². The Balaban J connectivity index is 1.98. The minimum atomic E-state index is 0.311. The fourth-order valence-electron chi connectivity index (χ4n) is 1.71. The third-order valence-corrected chi connectivity index (χ3v) is 3.10. The molecule has 1 aromatic heterocycles. The van der Waals surface area contributed by atoms with E-state index < -0.39 is 0 Å². The van der Waals surface area contributed by atoms with Crippen LogP contribution in [0.1, 0.15) is 31.9 Å². The lowest BCUT2D eigenvalue weighted by Gasteiger charge is -2.09. The lowest BCUT2D eigenvalue weighted by atomic mass is 10.2. The Labute approximate surface area is 107 Å². The first-order valence-electron chi connectivity index (χ1n) is 6.26. The molecule has 0 fully saturated rings. The van der Waals surface area contributed by atoms with Crippen LogP contribution in [0.3, 0.4) is 0 Å². The van der Waals surface area contributed by atoms with E-state index in [-0.39, 0.29) is 0 Å². The summed E-state index contributed by atoms with van der Waals surface area (Å²) in [5.41, 5.74) is 0.871. The third kappa shape index (κ3) is 2.83. The van der Waals surface area contributed by atoms with Crippen molar-refractivity contribution in [2.45, 2.75) is 32.9 Å². The normalized spacial score (nSPS) is 12.3. The Morgan fingerprint density at radius 1 is 1.33 bits per heavy atom. The zero-order valence-corrected chi connectivity index (χ0v) is 10.8. The van der Waals surface area contributed by atoms with Crippen LogP contribution in [0, 0.1) is 0 Å². The fraction of sp³-hybridized carbons (Fsp3) is 0.357. The zero-order chi connectivity index (χ0) is 13.0. The number of para-hydroxylation sites is 1. The van der Waals surface area contributed by atoms with Gasteiger partial charge in [-0.25, -0.2) is 0 Å². The summed E-state index contributed by atoms with van der Waals surface area (Å²) < 4.78 is 1.95. The molecule has 2 rings (SSSR count). The Morgan fingerprint density at radius 3 is 2.83 bits per heavy atom. The van der Waals surface area contributed by atoms with Crippen LogP contribution in [0.25, 0.3) is 0 Å². The monoisotopic (exact) mass is 245 g/mol. The van der Waals surface area contributed by atoms with Gasteiger partial charge >= 0.3 is 0 Å². The second kappa shape index (κ2) is 5.58. The SMILES string of the molecule is CC[C@H](C)n1ccc(NCc2ccccc2O)n1. The van der Waals surface area contributed by atoms with Crippen molar-refractivity contribution in [2.24, 2.45) is 0 Å². The van der Waals surface area contributed by atoms with Crippen LogP contribution >= 0.6 is 0 Å². The standard InChI is InChI=1S/C14H19N3O/c1-3-11(2)17-9-8-14(16-17)15-10-12-6-4-5-7-13(12)18/h4-9,11,18H,3,10H2,1-2H3,(H,15,16)/t11-/m0/s1. The molecule has 96 valence electrons. The highest BCUT2D eigenvalue weighted by Gasteiger charge is 2.05. The molecular formula is C14H19N3O. The number of aromatic nitrogens is 2. The van der Waals surface area contributed by atoms with Gasteiger partial charge in [0.05, 0.1) is 0 Å². The smallest absolute Gasteiger partial charge is 0.148 e. The summed E-state index contributed by atoms with van der Waals surface area (Å²) >= 11 is 0. The molecule has 0 radical (unpaired) electrons. The number of phenols is 1. The second-order valence-electron chi connectivity index (χ2n) is 4.42. The molecule has 0 aliphatic rings. The molecule has 0 bridgehead atoms. The molecule has 1 atom stereocenters. The highest BCUT2D eigenvalue weighted by molar-refractivity contribution is 5.38. The van der Waals surface area contributed by atoms with Crippen molar-refractivity contribution in [3.05, 3.63) is 42.1 Å². The molecule has 0 saturated heterocycles. The first-order chi connectivity index (χ1) is 8.70. The number of aromatic hydroxyl groups is 1. The number of rotatable bonds is 5. The lowest BCUT2D eigenvalue weighted by Crippen LogP contribution is -2.06. The van der Waals surface area contributed by atoms with Gasteiger partial charge in [0.1, 0.15) is 11.6 Å². The van der Waals surface area contributed by atoms with E-state index in [0.29, 0.717) is 18.3 Å². The van der Waals surface area contributed by atoms with Crippen LogP contribution in [0.15, 0.2) is 36.5 Å². The Bertz CT molecular complexity index is 507. The molecule has 18 heavy (non-hydrogen) atoms. The maximum atomic E-state index is 9.65. The number of benzene rings is 1. The predicted octanol–water partition coefficient (Wildman–Crippen LogP) is 3.17. The summed E-state index contributed by atoms with van der Waals surface area (Å²) in [6.07, 6.45) is 3.03. The molecule has 0 amide bonds. The number of anilines is 1. The van der Waals surface area contributed by atoms with Crippen molar-refractivity contribution in [3.8, 4) is 5.75 Å². The predicted molar refractivity (Wildman–Crippen MR) is 72.7 cm³/mol. The Hall–Kier alpha value is -1.97. The molecule has 2 N–H and O–H groups in total. The number of nitrogens with zero attached hydrogens (tertiary/aromatic N) is 2. The fourth-order valence-corrected chi connectivity index (χ4v) is 1.71. The van der Waals surface area contributed by atoms with E-state index in [1.54, 1.807) is 6.07 Å². The summed E-state index contributed by atoms with van der Waals surface area (Å²) in [6.45, 7) is 4.85. The molecule has 2 aromatic rings. The van der Waals surface area contributed by atoms with E-state index in [1.165, 1.54) is 0 Å². The summed E-state index contributed by atoms with van der Waals surface area (Å²) in [6, 6.07) is 9.67. The average Bonchev–Trinajstić information content (AvgIpc) is 2.86. The molecule has 1 heterocycles. The minimum Gasteiger partial charge on any atom is -0.508 e. The van der Waals surface area contributed by atoms with Gasteiger partial charge in [-0.1, -0.05) is 25.1 Å². The summed E-state index contributed by atoms with van der Waals surface area (Å²) in [4.78, 5) is 0. The van der Waals surface area contributed by atoms with Crippen LogP contribution in [-0.4, -0.2) is 14.9 Å². The van der Waals surface area contributed by atoms with Gasteiger partial charge in [-0.3, -0.25) is 4.68 Å². The first-order valence-corrected chi connectivity index (χ1v) is 6.26. The van der Waals surface area contributed by atoms with Crippen molar-refractivity contribution >= 4 is 5.82 Å². The van der Waals surface area contributed by atoms with Gasteiger partial charge in [0, 0.05) is 30.4 Å². The van der Waals surface area contributed by atoms with Crippen LogP contribution in [-0.2, 0) is 6.54 Å². The van der Waals surface area contributed by atoms with Gasteiger partial charge < -0.3 is 10.4 Å². The third-order valence-electron chi connectivity index (χ3n) is 3.10. The van der Waals surface area contributed by atoms with Crippen LogP contribution in [0.5, 0.6) is 5.75 Å². The van der Waals surface area contributed by atoms with Crippen molar-refractivity contribution in [2.75, 3.05) is 5.32 Å². The van der Waals surface area contributed by atoms with Gasteiger partial charge in [0.25, 0.3) is 0 Å². The van der Waals surface area contributed by atoms with Crippen molar-refractivity contribution in [3.63, 3.8) is 0 Å². The highest BCUT2D eigenvalue weighted by atomic mass is 16.3. The average molecular weight is 245 g/mol. The largest absolute Gasteiger partial charge is 0.508 e. The topological polar surface area (TPSA) is 50.1 Å². The second-order valence-corrected chi connectivity index (χ2v) is 4.42. The molecule has 1 aromatic carbocycles.